The van der Waals surface area contributed by atoms with Crippen molar-refractivity contribution in [3.8, 4) is 11.5 Å². The molecule has 0 bridgehead atoms. The van der Waals surface area contributed by atoms with E-state index >= 15 is 0 Å². The molecule has 1 fully saturated rings. The van der Waals surface area contributed by atoms with Gasteiger partial charge in [-0.1, -0.05) is 0 Å². The van der Waals surface area contributed by atoms with Crippen LogP contribution in [-0.4, -0.2) is 25.7 Å². The Hall–Kier alpha value is -3.17. The average molecular weight is 431 g/mol. The van der Waals surface area contributed by atoms with Crippen molar-refractivity contribution in [2.24, 2.45) is 7.05 Å². The highest BCUT2D eigenvalue weighted by Crippen LogP contribution is 2.40. The van der Waals surface area contributed by atoms with E-state index in [1.807, 2.05) is 12.1 Å². The largest absolute Gasteiger partial charge is 0.439 e. The predicted octanol–water partition coefficient (Wildman–Crippen LogP) is 4.17. The minimum Gasteiger partial charge on any atom is -0.439 e. The molecule has 0 radical (unpaired) electrons. The molecule has 2 aliphatic rings. The number of pyridine rings is 1. The molecule has 5 rings (SSSR count). The molecule has 2 aliphatic carbocycles. The summed E-state index contributed by atoms with van der Waals surface area (Å²) in [7, 11) is 1.31. The third kappa shape index (κ3) is 3.82. The molecule has 0 spiro atoms. The fourth-order valence-corrected chi connectivity index (χ4v) is 3.92. The minimum absolute atomic E-state index is 0.164. The number of hydrogen-bond acceptors (Lipinski definition) is 5. The van der Waals surface area contributed by atoms with Gasteiger partial charge in [-0.3, -0.25) is 14.5 Å². The molecule has 0 saturated heterocycles. The van der Waals surface area contributed by atoms with Gasteiger partial charge in [0.1, 0.15) is 11.5 Å². The van der Waals surface area contributed by atoms with Crippen LogP contribution in [0.3, 0.4) is 0 Å². The van der Waals surface area contributed by atoms with E-state index < -0.39 is 23.8 Å². The van der Waals surface area contributed by atoms with Crippen LogP contribution in [0.25, 0.3) is 11.5 Å². The number of alkyl halides is 3. The molecule has 3 aromatic heterocycles. The van der Waals surface area contributed by atoms with E-state index in [2.05, 4.69) is 20.4 Å². The third-order valence-corrected chi connectivity index (χ3v) is 5.68. The van der Waals surface area contributed by atoms with E-state index in [1.54, 1.807) is 6.20 Å². The normalized spacial score (nSPS) is 18.6. The van der Waals surface area contributed by atoms with Gasteiger partial charge in [0.2, 0.25) is 5.89 Å². The Labute approximate surface area is 175 Å². The van der Waals surface area contributed by atoms with Gasteiger partial charge in [0.05, 0.1) is 11.7 Å². The number of carbonyl (C=O) groups excluding carboxylic acids is 1. The highest BCUT2D eigenvalue weighted by Gasteiger charge is 2.36. The molecule has 3 heterocycles. The fraction of sp³-hybridized carbons (Fsp3) is 0.429. The highest BCUT2D eigenvalue weighted by molar-refractivity contribution is 5.93. The van der Waals surface area contributed by atoms with E-state index in [0.29, 0.717) is 24.0 Å². The minimum atomic E-state index is -4.61. The molecular formula is C21H20F3N5O2. The zero-order chi connectivity index (χ0) is 21.8. The van der Waals surface area contributed by atoms with Crippen LogP contribution in [0.4, 0.5) is 13.2 Å². The maximum atomic E-state index is 12.9. The Balaban J connectivity index is 1.39. The number of rotatable bonds is 4. The fourth-order valence-electron chi connectivity index (χ4n) is 3.92. The SMILES string of the molecule is Cn1nc(C(F)(F)F)cc1C(=O)N[C@H]1CCCc2nc(-c3ccnc(C4CC4)c3)oc21. The number of hydrogen-bond donors (Lipinski definition) is 1. The summed E-state index contributed by atoms with van der Waals surface area (Å²) in [5.74, 6) is 0.881. The van der Waals surface area contributed by atoms with Crippen molar-refractivity contribution in [1.82, 2.24) is 25.1 Å². The van der Waals surface area contributed by atoms with E-state index in [-0.39, 0.29) is 5.69 Å². The van der Waals surface area contributed by atoms with Crippen LogP contribution in [0.15, 0.2) is 28.8 Å². The van der Waals surface area contributed by atoms with Gasteiger partial charge in [0.25, 0.3) is 5.91 Å². The van der Waals surface area contributed by atoms with Crippen LogP contribution in [0.5, 0.6) is 0 Å². The first-order valence-corrected chi connectivity index (χ1v) is 10.2. The molecule has 31 heavy (non-hydrogen) atoms. The van der Waals surface area contributed by atoms with Crippen molar-refractivity contribution in [3.05, 3.63) is 52.9 Å². The van der Waals surface area contributed by atoms with Crippen LogP contribution >= 0.6 is 0 Å². The third-order valence-electron chi connectivity index (χ3n) is 5.68. The van der Waals surface area contributed by atoms with Crippen molar-refractivity contribution in [2.75, 3.05) is 0 Å². The summed E-state index contributed by atoms with van der Waals surface area (Å²) in [4.78, 5) is 21.7. The van der Waals surface area contributed by atoms with Gasteiger partial charge in [-0.25, -0.2) is 4.98 Å². The monoisotopic (exact) mass is 431 g/mol. The number of halogens is 3. The molecule has 7 nitrogen and oxygen atoms in total. The van der Waals surface area contributed by atoms with Gasteiger partial charge < -0.3 is 9.73 Å². The standard InChI is InChI=1S/C21H20F3N5O2/c1-29-16(10-17(28-29)21(22,23)24)19(30)26-13-3-2-4-14-18(13)31-20(27-14)12-7-8-25-15(9-12)11-5-6-11/h7-11,13H,2-6H2,1H3,(H,26,30)/t13-/m0/s1. The number of fused-ring (bicyclic) bond motifs is 1. The van der Waals surface area contributed by atoms with E-state index in [9.17, 15) is 18.0 Å². The maximum absolute atomic E-state index is 12.9. The number of aryl methyl sites for hydroxylation is 2. The molecule has 1 amide bonds. The zero-order valence-electron chi connectivity index (χ0n) is 16.7. The molecule has 0 aromatic carbocycles. The van der Waals surface area contributed by atoms with E-state index in [0.717, 1.165) is 53.4 Å². The number of nitrogens with one attached hydrogen (secondary N) is 1. The van der Waals surface area contributed by atoms with Crippen LogP contribution < -0.4 is 5.32 Å². The number of aromatic nitrogens is 4. The lowest BCUT2D eigenvalue weighted by Gasteiger charge is -2.21. The Morgan fingerprint density at radius 1 is 1.26 bits per heavy atom. The first-order valence-electron chi connectivity index (χ1n) is 10.2. The molecule has 1 saturated carbocycles. The summed E-state index contributed by atoms with van der Waals surface area (Å²) in [5.41, 5.74) is 1.35. The first kappa shape index (κ1) is 19.8. The van der Waals surface area contributed by atoms with Gasteiger partial charge >= 0.3 is 6.18 Å². The van der Waals surface area contributed by atoms with Crippen molar-refractivity contribution < 1.29 is 22.4 Å². The predicted molar refractivity (Wildman–Crippen MR) is 103 cm³/mol. The lowest BCUT2D eigenvalue weighted by Crippen LogP contribution is -2.31. The van der Waals surface area contributed by atoms with Crippen molar-refractivity contribution >= 4 is 5.91 Å². The van der Waals surface area contributed by atoms with Crippen LogP contribution in [0.2, 0.25) is 0 Å². The molecule has 0 unspecified atom stereocenters. The van der Waals surface area contributed by atoms with Crippen LogP contribution in [0, 0.1) is 0 Å². The quantitative estimate of drug-likeness (QED) is 0.670. The summed E-state index contributed by atoms with van der Waals surface area (Å²) >= 11 is 0. The maximum Gasteiger partial charge on any atom is 0.435 e. The van der Waals surface area contributed by atoms with E-state index in [4.69, 9.17) is 4.42 Å². The lowest BCUT2D eigenvalue weighted by molar-refractivity contribution is -0.141. The number of nitrogens with zero attached hydrogens (tertiary/aromatic N) is 4. The second-order valence-electron chi connectivity index (χ2n) is 8.03. The summed E-state index contributed by atoms with van der Waals surface area (Å²) in [5, 5.41) is 6.19. The first-order chi connectivity index (χ1) is 14.8. The average Bonchev–Trinajstić information content (AvgIpc) is 3.35. The molecule has 1 atom stereocenters. The van der Waals surface area contributed by atoms with E-state index in [1.165, 1.54) is 7.05 Å². The summed E-state index contributed by atoms with van der Waals surface area (Å²) in [6.07, 6.45) is 1.51. The summed E-state index contributed by atoms with van der Waals surface area (Å²) in [6.45, 7) is 0. The van der Waals surface area contributed by atoms with Crippen molar-refractivity contribution in [1.29, 1.82) is 0 Å². The molecular weight excluding hydrogens is 411 g/mol. The van der Waals surface area contributed by atoms with Crippen LogP contribution in [-0.2, 0) is 19.6 Å². The zero-order valence-corrected chi connectivity index (χ0v) is 16.7. The van der Waals surface area contributed by atoms with Crippen molar-refractivity contribution in [3.63, 3.8) is 0 Å². The molecule has 162 valence electrons. The summed E-state index contributed by atoms with van der Waals surface area (Å²) < 4.78 is 45.7. The molecule has 0 aliphatic heterocycles. The number of amides is 1. The highest BCUT2D eigenvalue weighted by atomic mass is 19.4. The van der Waals surface area contributed by atoms with Gasteiger partial charge in [0.15, 0.2) is 5.69 Å². The molecule has 10 heteroatoms. The number of carbonyl (C=O) groups is 1. The van der Waals surface area contributed by atoms with Gasteiger partial charge in [-0.05, 0) is 44.2 Å². The van der Waals surface area contributed by atoms with Gasteiger partial charge in [-0.2, -0.15) is 18.3 Å². The Kier molecular flexibility index (Phi) is 4.60. The molecule has 1 N–H and O–H groups in total. The van der Waals surface area contributed by atoms with Crippen molar-refractivity contribution in [2.45, 2.75) is 50.2 Å². The Morgan fingerprint density at radius 3 is 2.77 bits per heavy atom. The topological polar surface area (TPSA) is 85.8 Å². The Morgan fingerprint density at radius 2 is 2.06 bits per heavy atom. The second kappa shape index (κ2) is 7.21. The summed E-state index contributed by atoms with van der Waals surface area (Å²) in [6, 6.07) is 4.11. The number of oxazole rings is 1. The lowest BCUT2D eigenvalue weighted by atomic mass is 9.97. The second-order valence-corrected chi connectivity index (χ2v) is 8.03. The van der Waals surface area contributed by atoms with Crippen LogP contribution in [0.1, 0.15) is 71.0 Å². The van der Waals surface area contributed by atoms with Gasteiger partial charge in [-0.15, -0.1) is 0 Å². The van der Waals surface area contributed by atoms with Gasteiger partial charge in [0, 0.05) is 36.5 Å². The smallest absolute Gasteiger partial charge is 0.435 e. The molecule has 3 aromatic rings. The Bertz CT molecular complexity index is 1150.